The van der Waals surface area contributed by atoms with Gasteiger partial charge in [0, 0.05) is 60.7 Å². The van der Waals surface area contributed by atoms with E-state index in [4.69, 9.17) is 4.98 Å². The third-order valence-electron chi connectivity index (χ3n) is 5.82. The summed E-state index contributed by atoms with van der Waals surface area (Å²) < 4.78 is 12.4. The van der Waals surface area contributed by atoms with Gasteiger partial charge in [0.25, 0.3) is 0 Å². The maximum absolute atomic E-state index is 12.4. The molecule has 0 aliphatic carbocycles. The summed E-state index contributed by atoms with van der Waals surface area (Å²) in [7, 11) is 0. The molecule has 1 saturated heterocycles. The van der Waals surface area contributed by atoms with E-state index in [1.165, 1.54) is 6.08 Å². The molecule has 3 N–H and O–H groups in total. The van der Waals surface area contributed by atoms with Crippen molar-refractivity contribution in [2.75, 3.05) is 42.3 Å². The predicted octanol–water partition coefficient (Wildman–Crippen LogP) is 4.02. The maximum Gasteiger partial charge on any atom is 0.247 e. The second-order valence-corrected chi connectivity index (χ2v) is 8.41. The minimum Gasteiger partial charge on any atom is -0.380 e. The van der Waals surface area contributed by atoms with Crippen LogP contribution in [0, 0.1) is 0 Å². The summed E-state index contributed by atoms with van der Waals surface area (Å²) >= 11 is 0. The molecule has 1 aliphatic rings. The Kier molecular flexibility index (Phi) is 6.76. The van der Waals surface area contributed by atoms with Gasteiger partial charge in [-0.1, -0.05) is 6.58 Å². The SMILES string of the molecule is C=CC(=O)Nc1ccnc(-c2nccc3cnc(Nc4ccc(NC5CN(CCF)C5)cc4)nc23)c1. The van der Waals surface area contributed by atoms with Crippen LogP contribution in [0.2, 0.25) is 0 Å². The molecule has 0 atom stereocenters. The van der Waals surface area contributed by atoms with Gasteiger partial charge in [-0.2, -0.15) is 0 Å². The fraction of sp³-hybridized carbons (Fsp3) is 0.192. The van der Waals surface area contributed by atoms with Gasteiger partial charge in [0.05, 0.1) is 11.7 Å². The number of halogens is 1. The van der Waals surface area contributed by atoms with Crippen LogP contribution in [0.15, 0.2) is 73.7 Å². The molecule has 36 heavy (non-hydrogen) atoms. The monoisotopic (exact) mass is 484 g/mol. The zero-order chi connectivity index (χ0) is 24.9. The number of amides is 1. The number of nitrogens with zero attached hydrogens (tertiary/aromatic N) is 5. The van der Waals surface area contributed by atoms with Crippen LogP contribution in [0.25, 0.3) is 22.3 Å². The van der Waals surface area contributed by atoms with E-state index in [0.29, 0.717) is 41.1 Å². The van der Waals surface area contributed by atoms with Crippen LogP contribution in [0.4, 0.5) is 27.4 Å². The average Bonchev–Trinajstić information content (AvgIpc) is 2.88. The zero-order valence-corrected chi connectivity index (χ0v) is 19.5. The van der Waals surface area contributed by atoms with Gasteiger partial charge >= 0.3 is 0 Å². The number of carbonyl (C=O) groups excluding carboxylic acids is 1. The van der Waals surface area contributed by atoms with Crippen molar-refractivity contribution in [2.45, 2.75) is 6.04 Å². The normalized spacial score (nSPS) is 13.7. The quantitative estimate of drug-likeness (QED) is 0.306. The number of likely N-dealkylation sites (tertiary alicyclic amines) is 1. The number of carbonyl (C=O) groups is 1. The topological polar surface area (TPSA) is 108 Å². The van der Waals surface area contributed by atoms with Gasteiger partial charge in [-0.3, -0.25) is 19.7 Å². The lowest BCUT2D eigenvalue weighted by Gasteiger charge is -2.39. The molecule has 1 fully saturated rings. The molecule has 4 heterocycles. The fourth-order valence-corrected chi connectivity index (χ4v) is 4.01. The Labute approximate surface area is 207 Å². The molecule has 5 rings (SSSR count). The summed E-state index contributed by atoms with van der Waals surface area (Å²) in [6.07, 6.45) is 6.22. The van der Waals surface area contributed by atoms with Gasteiger partial charge < -0.3 is 16.0 Å². The van der Waals surface area contributed by atoms with Crippen molar-refractivity contribution < 1.29 is 9.18 Å². The van der Waals surface area contributed by atoms with Gasteiger partial charge in [-0.05, 0) is 48.5 Å². The second kappa shape index (κ2) is 10.4. The van der Waals surface area contributed by atoms with Gasteiger partial charge in [0.15, 0.2) is 0 Å². The number of rotatable bonds is 9. The molecule has 10 heteroatoms. The molecular formula is C26H25FN8O. The molecule has 1 amide bonds. The molecule has 0 spiro atoms. The minimum atomic E-state index is -0.307. The van der Waals surface area contributed by atoms with Gasteiger partial charge in [0.1, 0.15) is 17.9 Å². The van der Waals surface area contributed by atoms with Crippen molar-refractivity contribution in [3.63, 3.8) is 0 Å². The molecule has 3 aromatic heterocycles. The van der Waals surface area contributed by atoms with Crippen LogP contribution >= 0.6 is 0 Å². The number of benzene rings is 1. The van der Waals surface area contributed by atoms with Gasteiger partial charge in [-0.25, -0.2) is 14.4 Å². The molecule has 0 unspecified atom stereocenters. The largest absolute Gasteiger partial charge is 0.380 e. The highest BCUT2D eigenvalue weighted by Gasteiger charge is 2.25. The first-order valence-electron chi connectivity index (χ1n) is 11.5. The first-order chi connectivity index (χ1) is 17.6. The molecular weight excluding hydrogens is 459 g/mol. The molecule has 1 aliphatic heterocycles. The standard InChI is InChI=1S/C26H25FN8O/c1-2-23(36)32-20-8-11-28-22(13-20)25-24-17(7-10-29-25)14-30-26(34-24)33-19-5-3-18(4-6-19)31-21-15-35(16-21)12-9-27/h2-8,10-11,13-14,21,31H,1,9,12,15-16H2,(H,28,32,36)(H,30,33,34). The van der Waals surface area contributed by atoms with Crippen molar-refractivity contribution in [1.29, 1.82) is 0 Å². The molecule has 0 bridgehead atoms. The highest BCUT2D eigenvalue weighted by molar-refractivity contribution is 5.99. The van der Waals surface area contributed by atoms with Crippen LogP contribution in [-0.2, 0) is 4.79 Å². The Bertz CT molecular complexity index is 1390. The Morgan fingerprint density at radius 2 is 1.83 bits per heavy atom. The maximum atomic E-state index is 12.4. The summed E-state index contributed by atoms with van der Waals surface area (Å²) in [4.78, 5) is 31.8. The van der Waals surface area contributed by atoms with Gasteiger partial charge in [-0.15, -0.1) is 0 Å². The van der Waals surface area contributed by atoms with E-state index in [0.717, 1.165) is 29.9 Å². The number of pyridine rings is 2. The van der Waals surface area contributed by atoms with Crippen molar-refractivity contribution in [3.05, 3.63) is 73.7 Å². The Hall–Kier alpha value is -4.44. The number of anilines is 4. The molecule has 0 saturated carbocycles. The third-order valence-corrected chi connectivity index (χ3v) is 5.82. The summed E-state index contributed by atoms with van der Waals surface area (Å²) in [5.74, 6) is 0.119. The summed E-state index contributed by atoms with van der Waals surface area (Å²) in [6.45, 7) is 5.37. The molecule has 0 radical (unpaired) electrons. The summed E-state index contributed by atoms with van der Waals surface area (Å²) in [5.41, 5.74) is 4.21. The van der Waals surface area contributed by atoms with Crippen LogP contribution < -0.4 is 16.0 Å². The van der Waals surface area contributed by atoms with E-state index in [9.17, 15) is 9.18 Å². The minimum absolute atomic E-state index is 0.306. The Morgan fingerprint density at radius 1 is 1.06 bits per heavy atom. The van der Waals surface area contributed by atoms with Gasteiger partial charge in [0.2, 0.25) is 11.9 Å². The molecule has 182 valence electrons. The molecule has 1 aromatic carbocycles. The lowest BCUT2D eigenvalue weighted by atomic mass is 10.1. The van der Waals surface area contributed by atoms with Crippen LogP contribution in [0.5, 0.6) is 0 Å². The first kappa shape index (κ1) is 23.3. The van der Waals surface area contributed by atoms with Crippen LogP contribution in [-0.4, -0.2) is 63.1 Å². The number of hydrogen-bond acceptors (Lipinski definition) is 8. The highest BCUT2D eigenvalue weighted by atomic mass is 19.1. The third kappa shape index (κ3) is 5.28. The molecule has 9 nitrogen and oxygen atoms in total. The van der Waals surface area contributed by atoms with E-state index in [-0.39, 0.29) is 12.6 Å². The van der Waals surface area contributed by atoms with Crippen molar-refractivity contribution in [2.24, 2.45) is 0 Å². The lowest BCUT2D eigenvalue weighted by Crippen LogP contribution is -2.55. The summed E-state index contributed by atoms with van der Waals surface area (Å²) in [5, 5.41) is 10.2. The predicted molar refractivity (Wildman–Crippen MR) is 139 cm³/mol. The fourth-order valence-electron chi connectivity index (χ4n) is 4.01. The lowest BCUT2D eigenvalue weighted by molar-refractivity contribution is -0.111. The van der Waals surface area contributed by atoms with Crippen LogP contribution in [0.1, 0.15) is 0 Å². The number of aromatic nitrogens is 4. The van der Waals surface area contributed by atoms with E-state index in [2.05, 4.69) is 42.4 Å². The summed E-state index contributed by atoms with van der Waals surface area (Å²) in [6, 6.07) is 13.5. The van der Waals surface area contributed by atoms with E-state index in [1.807, 2.05) is 30.3 Å². The van der Waals surface area contributed by atoms with Crippen molar-refractivity contribution in [3.8, 4) is 11.4 Å². The number of fused-ring (bicyclic) bond motifs is 1. The van der Waals surface area contributed by atoms with Crippen LogP contribution in [0.3, 0.4) is 0 Å². The second-order valence-electron chi connectivity index (χ2n) is 8.41. The zero-order valence-electron chi connectivity index (χ0n) is 19.5. The smallest absolute Gasteiger partial charge is 0.247 e. The van der Waals surface area contributed by atoms with Crippen molar-refractivity contribution in [1.82, 2.24) is 24.8 Å². The van der Waals surface area contributed by atoms with E-state index < -0.39 is 0 Å². The number of nitrogens with one attached hydrogen (secondary N) is 3. The van der Waals surface area contributed by atoms with E-state index in [1.54, 1.807) is 30.7 Å². The first-order valence-corrected chi connectivity index (χ1v) is 11.5. The van der Waals surface area contributed by atoms with E-state index >= 15 is 0 Å². The molecule has 4 aromatic rings. The Balaban J connectivity index is 1.32. The average molecular weight is 485 g/mol. The number of alkyl halides is 1. The van der Waals surface area contributed by atoms with Crippen molar-refractivity contribution >= 4 is 39.8 Å². The highest BCUT2D eigenvalue weighted by Crippen LogP contribution is 2.27. The number of hydrogen-bond donors (Lipinski definition) is 3. The Morgan fingerprint density at radius 3 is 2.61 bits per heavy atom.